The monoisotopic (exact) mass is 247 g/mol. The first-order valence-electron chi connectivity index (χ1n) is 5.49. The van der Waals surface area contributed by atoms with Crippen molar-refractivity contribution in [3.63, 3.8) is 0 Å². The number of aryl methyl sites for hydroxylation is 1. The summed E-state index contributed by atoms with van der Waals surface area (Å²) in [6.07, 6.45) is 1.63. The number of nitrogens with two attached hydrogens (primary N) is 1. The van der Waals surface area contributed by atoms with E-state index in [1.807, 2.05) is 13.0 Å². The zero-order chi connectivity index (χ0) is 13.0. The minimum absolute atomic E-state index is 0.246. The predicted octanol–water partition coefficient (Wildman–Crippen LogP) is 2.39. The molecule has 0 radical (unpaired) electrons. The Morgan fingerprint density at radius 2 is 2.17 bits per heavy atom. The second kappa shape index (κ2) is 5.46. The Balaban J connectivity index is 2.04. The van der Waals surface area contributed by atoms with Crippen LogP contribution in [0.1, 0.15) is 11.1 Å². The molecule has 1 aromatic heterocycles. The number of nitrogen functional groups attached to an aromatic ring is 1. The molecule has 0 unspecified atom stereocenters. The van der Waals surface area contributed by atoms with Gasteiger partial charge in [-0.15, -0.1) is 0 Å². The minimum atomic E-state index is -0.367. The number of rotatable bonds is 4. The fourth-order valence-electron chi connectivity index (χ4n) is 1.48. The maximum atomic E-state index is 13.4. The van der Waals surface area contributed by atoms with E-state index in [0.29, 0.717) is 5.82 Å². The summed E-state index contributed by atoms with van der Waals surface area (Å²) in [5, 5.41) is 0. The summed E-state index contributed by atoms with van der Waals surface area (Å²) >= 11 is 0. The Hall–Kier alpha value is -2.14. The molecular weight excluding hydrogens is 233 g/mol. The van der Waals surface area contributed by atoms with Gasteiger partial charge in [0, 0.05) is 11.8 Å². The molecule has 0 atom stereocenters. The third-order valence-electron chi connectivity index (χ3n) is 2.45. The number of aromatic nitrogens is 1. The molecule has 0 spiro atoms. The van der Waals surface area contributed by atoms with Gasteiger partial charge in [0.05, 0.1) is 0 Å². The number of hydrogen-bond acceptors (Lipinski definition) is 4. The molecule has 2 rings (SSSR count). The Kier molecular flexibility index (Phi) is 3.74. The zero-order valence-corrected chi connectivity index (χ0v) is 9.98. The number of anilines is 1. The molecule has 94 valence electrons. The van der Waals surface area contributed by atoms with E-state index >= 15 is 0 Å². The molecule has 0 fully saturated rings. The van der Waals surface area contributed by atoms with Crippen molar-refractivity contribution in [3.8, 4) is 5.75 Å². The Bertz CT molecular complexity index is 528. The summed E-state index contributed by atoms with van der Waals surface area (Å²) in [6, 6.07) is 8.30. The van der Waals surface area contributed by atoms with Gasteiger partial charge in [0.25, 0.3) is 0 Å². The molecule has 1 heterocycles. The van der Waals surface area contributed by atoms with Crippen molar-refractivity contribution in [1.82, 2.24) is 4.98 Å². The van der Waals surface area contributed by atoms with E-state index in [2.05, 4.69) is 10.4 Å². The third-order valence-corrected chi connectivity index (χ3v) is 2.45. The molecule has 0 aliphatic rings. The molecular formula is C13H14FN3O. The molecule has 0 saturated heterocycles. The standard InChI is InChI=1S/C13H14FN3O/c1-9-2-4-11(14)12(6-9)18-8-10-3-5-13(17-15)16-7-10/h2-7H,8,15H2,1H3,(H,16,17). The van der Waals surface area contributed by atoms with Crippen LogP contribution in [0.2, 0.25) is 0 Å². The SMILES string of the molecule is Cc1ccc(F)c(OCc2ccc(NN)nc2)c1. The van der Waals surface area contributed by atoms with Crippen molar-refractivity contribution in [3.05, 3.63) is 53.5 Å². The summed E-state index contributed by atoms with van der Waals surface area (Å²) in [4.78, 5) is 4.04. The molecule has 0 aliphatic heterocycles. The van der Waals surface area contributed by atoms with Crippen LogP contribution in [0.4, 0.5) is 10.2 Å². The topological polar surface area (TPSA) is 60.2 Å². The van der Waals surface area contributed by atoms with Gasteiger partial charge in [-0.1, -0.05) is 12.1 Å². The van der Waals surface area contributed by atoms with E-state index in [1.54, 1.807) is 24.4 Å². The van der Waals surface area contributed by atoms with Crippen LogP contribution in [0, 0.1) is 12.7 Å². The van der Waals surface area contributed by atoms with E-state index in [1.165, 1.54) is 6.07 Å². The van der Waals surface area contributed by atoms with Crippen LogP contribution in [0.5, 0.6) is 5.75 Å². The Morgan fingerprint density at radius 3 is 2.83 bits per heavy atom. The van der Waals surface area contributed by atoms with Crippen molar-refractivity contribution in [2.24, 2.45) is 5.84 Å². The summed E-state index contributed by atoms with van der Waals surface area (Å²) in [7, 11) is 0. The van der Waals surface area contributed by atoms with Crippen LogP contribution in [-0.4, -0.2) is 4.98 Å². The average Bonchev–Trinajstić information content (AvgIpc) is 2.40. The van der Waals surface area contributed by atoms with Crippen molar-refractivity contribution in [2.75, 3.05) is 5.43 Å². The summed E-state index contributed by atoms with van der Waals surface area (Å²) in [6.45, 7) is 2.15. The summed E-state index contributed by atoms with van der Waals surface area (Å²) in [5.74, 6) is 5.66. The fraction of sp³-hybridized carbons (Fsp3) is 0.154. The maximum Gasteiger partial charge on any atom is 0.165 e. The lowest BCUT2D eigenvalue weighted by Gasteiger charge is -2.08. The number of nitrogens with one attached hydrogen (secondary N) is 1. The van der Waals surface area contributed by atoms with Crippen LogP contribution < -0.4 is 16.0 Å². The maximum absolute atomic E-state index is 13.4. The van der Waals surface area contributed by atoms with Gasteiger partial charge >= 0.3 is 0 Å². The average molecular weight is 247 g/mol. The molecule has 3 N–H and O–H groups in total. The number of nitrogens with zero attached hydrogens (tertiary/aromatic N) is 1. The Labute approximate surface area is 105 Å². The van der Waals surface area contributed by atoms with Crippen LogP contribution in [0.15, 0.2) is 36.5 Å². The predicted molar refractivity (Wildman–Crippen MR) is 67.5 cm³/mol. The molecule has 18 heavy (non-hydrogen) atoms. The van der Waals surface area contributed by atoms with Gasteiger partial charge in [0.2, 0.25) is 0 Å². The van der Waals surface area contributed by atoms with Crippen LogP contribution in [0.3, 0.4) is 0 Å². The zero-order valence-electron chi connectivity index (χ0n) is 9.98. The second-order valence-electron chi connectivity index (χ2n) is 3.92. The highest BCUT2D eigenvalue weighted by Crippen LogP contribution is 2.19. The van der Waals surface area contributed by atoms with Gasteiger partial charge in [-0.3, -0.25) is 0 Å². The first kappa shape index (κ1) is 12.3. The third kappa shape index (κ3) is 2.95. The summed E-state index contributed by atoms with van der Waals surface area (Å²) in [5.41, 5.74) is 4.23. The van der Waals surface area contributed by atoms with Gasteiger partial charge in [0.1, 0.15) is 12.4 Å². The fourth-order valence-corrected chi connectivity index (χ4v) is 1.48. The first-order valence-corrected chi connectivity index (χ1v) is 5.49. The van der Waals surface area contributed by atoms with Crippen molar-refractivity contribution >= 4 is 5.82 Å². The number of halogens is 1. The van der Waals surface area contributed by atoms with Crippen LogP contribution in [-0.2, 0) is 6.61 Å². The van der Waals surface area contributed by atoms with E-state index in [4.69, 9.17) is 10.6 Å². The number of ether oxygens (including phenoxy) is 1. The molecule has 1 aromatic carbocycles. The number of pyridine rings is 1. The lowest BCUT2D eigenvalue weighted by Crippen LogP contribution is -2.08. The minimum Gasteiger partial charge on any atom is -0.486 e. The second-order valence-corrected chi connectivity index (χ2v) is 3.92. The molecule has 0 saturated carbocycles. The molecule has 0 bridgehead atoms. The van der Waals surface area contributed by atoms with Crippen molar-refractivity contribution in [1.29, 1.82) is 0 Å². The molecule has 0 aliphatic carbocycles. The molecule has 0 amide bonds. The smallest absolute Gasteiger partial charge is 0.165 e. The van der Waals surface area contributed by atoms with E-state index < -0.39 is 0 Å². The number of hydrogen-bond donors (Lipinski definition) is 2. The molecule has 5 heteroatoms. The van der Waals surface area contributed by atoms with Gasteiger partial charge in [-0.25, -0.2) is 15.2 Å². The quantitative estimate of drug-likeness (QED) is 0.643. The highest BCUT2D eigenvalue weighted by molar-refractivity contribution is 5.34. The van der Waals surface area contributed by atoms with Crippen molar-refractivity contribution < 1.29 is 9.13 Å². The van der Waals surface area contributed by atoms with Gasteiger partial charge < -0.3 is 10.2 Å². The highest BCUT2D eigenvalue weighted by atomic mass is 19.1. The highest BCUT2D eigenvalue weighted by Gasteiger charge is 2.04. The first-order chi connectivity index (χ1) is 8.69. The number of hydrazine groups is 1. The lowest BCUT2D eigenvalue weighted by atomic mass is 10.2. The molecule has 2 aromatic rings. The van der Waals surface area contributed by atoms with E-state index in [-0.39, 0.29) is 18.2 Å². The van der Waals surface area contributed by atoms with Gasteiger partial charge in [-0.2, -0.15) is 0 Å². The Morgan fingerprint density at radius 1 is 1.33 bits per heavy atom. The molecule has 4 nitrogen and oxygen atoms in total. The number of benzene rings is 1. The van der Waals surface area contributed by atoms with Gasteiger partial charge in [0.15, 0.2) is 11.6 Å². The van der Waals surface area contributed by atoms with Crippen molar-refractivity contribution in [2.45, 2.75) is 13.5 Å². The van der Waals surface area contributed by atoms with Gasteiger partial charge in [-0.05, 0) is 30.7 Å². The largest absolute Gasteiger partial charge is 0.486 e. The normalized spacial score (nSPS) is 10.2. The van der Waals surface area contributed by atoms with Crippen LogP contribution >= 0.6 is 0 Å². The summed E-state index contributed by atoms with van der Waals surface area (Å²) < 4.78 is 18.8. The van der Waals surface area contributed by atoms with Crippen LogP contribution in [0.25, 0.3) is 0 Å². The lowest BCUT2D eigenvalue weighted by molar-refractivity contribution is 0.289. The van der Waals surface area contributed by atoms with E-state index in [9.17, 15) is 4.39 Å². The van der Waals surface area contributed by atoms with E-state index in [0.717, 1.165) is 11.1 Å².